The van der Waals surface area contributed by atoms with Gasteiger partial charge in [0.2, 0.25) is 5.91 Å². The molecule has 1 aliphatic rings. The number of methoxy groups -OCH3 is 1. The molecule has 0 saturated heterocycles. The molecule has 2 heterocycles. The number of rotatable bonds is 7. The number of likely N-dealkylation sites (N-methyl/N-ethyl adjacent to an activating group) is 1. The number of hydrogen-bond acceptors (Lipinski definition) is 5. The lowest BCUT2D eigenvalue weighted by Crippen LogP contribution is -2.62. The van der Waals surface area contributed by atoms with Crippen molar-refractivity contribution in [1.82, 2.24) is 25.3 Å². The van der Waals surface area contributed by atoms with Crippen molar-refractivity contribution in [3.63, 3.8) is 0 Å². The number of halogens is 1. The molecule has 182 valence electrons. The van der Waals surface area contributed by atoms with Crippen LogP contribution in [0.4, 0.5) is 4.39 Å². The third-order valence-electron chi connectivity index (χ3n) is 6.18. The van der Waals surface area contributed by atoms with Gasteiger partial charge in [0.1, 0.15) is 22.8 Å². The average Bonchev–Trinajstić information content (AvgIpc) is 3.29. The number of ether oxygens (including phenoxy) is 1. The number of fused-ring (bicyclic) bond motifs is 1. The average molecular weight is 480 g/mol. The normalized spacial score (nSPS) is 17.0. The van der Waals surface area contributed by atoms with Gasteiger partial charge in [0.05, 0.1) is 13.7 Å². The summed E-state index contributed by atoms with van der Waals surface area (Å²) in [6.07, 6.45) is 0. The molecule has 35 heavy (non-hydrogen) atoms. The Morgan fingerprint density at radius 2 is 1.80 bits per heavy atom. The van der Waals surface area contributed by atoms with Crippen molar-refractivity contribution in [3.8, 4) is 5.75 Å². The Bertz CT molecular complexity index is 1270. The monoisotopic (exact) mass is 479 g/mol. The van der Waals surface area contributed by atoms with E-state index in [0.717, 1.165) is 11.1 Å². The van der Waals surface area contributed by atoms with E-state index in [1.807, 2.05) is 24.3 Å². The van der Waals surface area contributed by atoms with Crippen LogP contribution in [0.1, 0.15) is 39.0 Å². The minimum absolute atomic E-state index is 0.0724. The number of benzene rings is 2. The van der Waals surface area contributed by atoms with Gasteiger partial charge in [-0.05, 0) is 42.3 Å². The van der Waals surface area contributed by atoms with E-state index in [-0.39, 0.29) is 42.7 Å². The second-order valence-electron chi connectivity index (χ2n) is 8.55. The lowest BCUT2D eigenvalue weighted by atomic mass is 9.96. The van der Waals surface area contributed by atoms with Crippen molar-refractivity contribution in [1.29, 1.82) is 0 Å². The zero-order chi connectivity index (χ0) is 25.2. The highest BCUT2D eigenvalue weighted by Gasteiger charge is 2.46. The summed E-state index contributed by atoms with van der Waals surface area (Å²) in [5.41, 5.74) is 0.652. The van der Waals surface area contributed by atoms with E-state index in [9.17, 15) is 18.8 Å². The zero-order valence-electron chi connectivity index (χ0n) is 19.7. The summed E-state index contributed by atoms with van der Waals surface area (Å²) < 4.78 is 19.7. The van der Waals surface area contributed by atoms with Gasteiger partial charge in [-0.2, -0.15) is 5.10 Å². The molecule has 0 fully saturated rings. The maximum Gasteiger partial charge on any atom is 0.272 e. The molecule has 3 aromatic rings. The molecule has 0 unspecified atom stereocenters. The lowest BCUT2D eigenvalue weighted by Gasteiger charge is -2.40. The number of carbonyl (C=O) groups is 3. The molecular formula is C25H26FN5O4. The minimum atomic E-state index is -1.23. The number of carbonyl (C=O) groups excluding carboxylic acids is 3. The molecule has 2 N–H and O–H groups in total. The van der Waals surface area contributed by atoms with Gasteiger partial charge in [0.15, 0.2) is 5.69 Å². The predicted octanol–water partition coefficient (Wildman–Crippen LogP) is 2.12. The molecule has 3 amide bonds. The van der Waals surface area contributed by atoms with Gasteiger partial charge < -0.3 is 20.3 Å². The van der Waals surface area contributed by atoms with Crippen molar-refractivity contribution in [3.05, 3.63) is 82.9 Å². The van der Waals surface area contributed by atoms with Crippen LogP contribution in [0.15, 0.2) is 54.6 Å². The van der Waals surface area contributed by atoms with Crippen molar-refractivity contribution in [2.45, 2.75) is 32.1 Å². The molecular weight excluding hydrogens is 453 g/mol. The van der Waals surface area contributed by atoms with E-state index >= 15 is 0 Å². The van der Waals surface area contributed by atoms with Gasteiger partial charge in [-0.25, -0.2) is 4.39 Å². The Balaban J connectivity index is 1.45. The molecule has 1 aromatic heterocycles. The van der Waals surface area contributed by atoms with Crippen LogP contribution in [0.5, 0.6) is 5.75 Å². The van der Waals surface area contributed by atoms with Crippen LogP contribution in [0.2, 0.25) is 0 Å². The first-order chi connectivity index (χ1) is 16.7. The van der Waals surface area contributed by atoms with Crippen LogP contribution >= 0.6 is 0 Å². The SMILES string of the molecule is COc1cccc(CNC(=O)c2cc3n(n2)C[C@](C)(C(=O)NCc2ccc(F)cc2)N(C)C3=O)c1. The standard InChI is InChI=1S/C25H26FN5O4/c1-25(24(34)28-13-16-7-9-18(26)10-8-16)15-31-21(23(33)30(25)2)12-20(29-31)22(32)27-14-17-5-4-6-19(11-17)35-3/h4-12H,13-15H2,1-3H3,(H,27,32)(H,28,34)/t25-/m1/s1. The fourth-order valence-electron chi connectivity index (χ4n) is 3.87. The second kappa shape index (κ2) is 9.57. The van der Waals surface area contributed by atoms with E-state index in [1.165, 1.54) is 27.8 Å². The van der Waals surface area contributed by atoms with E-state index in [2.05, 4.69) is 15.7 Å². The largest absolute Gasteiger partial charge is 0.497 e. The van der Waals surface area contributed by atoms with Crippen molar-refractivity contribution < 1.29 is 23.5 Å². The molecule has 0 radical (unpaired) electrons. The maximum absolute atomic E-state index is 13.1. The van der Waals surface area contributed by atoms with Crippen LogP contribution in [0.3, 0.4) is 0 Å². The van der Waals surface area contributed by atoms with Gasteiger partial charge in [0, 0.05) is 26.2 Å². The van der Waals surface area contributed by atoms with Gasteiger partial charge in [-0.1, -0.05) is 24.3 Å². The van der Waals surface area contributed by atoms with E-state index in [4.69, 9.17) is 4.74 Å². The van der Waals surface area contributed by atoms with Gasteiger partial charge >= 0.3 is 0 Å². The fourth-order valence-corrected chi connectivity index (χ4v) is 3.87. The molecule has 10 heteroatoms. The topological polar surface area (TPSA) is 106 Å². The lowest BCUT2D eigenvalue weighted by molar-refractivity contribution is -0.132. The number of amides is 3. The van der Waals surface area contributed by atoms with E-state index in [0.29, 0.717) is 5.75 Å². The summed E-state index contributed by atoms with van der Waals surface area (Å²) in [6.45, 7) is 2.15. The third-order valence-corrected chi connectivity index (χ3v) is 6.18. The summed E-state index contributed by atoms with van der Waals surface area (Å²) in [4.78, 5) is 40.2. The van der Waals surface area contributed by atoms with E-state index < -0.39 is 17.4 Å². The molecule has 0 bridgehead atoms. The Kier molecular flexibility index (Phi) is 6.54. The molecule has 1 aliphatic heterocycles. The molecule has 0 aliphatic carbocycles. The van der Waals surface area contributed by atoms with Crippen molar-refractivity contribution >= 4 is 17.7 Å². The quantitative estimate of drug-likeness (QED) is 0.540. The first-order valence-corrected chi connectivity index (χ1v) is 11.0. The minimum Gasteiger partial charge on any atom is -0.497 e. The smallest absolute Gasteiger partial charge is 0.272 e. The van der Waals surface area contributed by atoms with Crippen LogP contribution in [0.25, 0.3) is 0 Å². The fraction of sp³-hybridized carbons (Fsp3) is 0.280. The Morgan fingerprint density at radius 3 is 2.51 bits per heavy atom. The second-order valence-corrected chi connectivity index (χ2v) is 8.55. The molecule has 2 aromatic carbocycles. The van der Waals surface area contributed by atoms with Crippen LogP contribution in [0, 0.1) is 5.82 Å². The number of hydrogen-bond donors (Lipinski definition) is 2. The number of nitrogens with zero attached hydrogens (tertiary/aromatic N) is 3. The first kappa shape index (κ1) is 23.9. The van der Waals surface area contributed by atoms with Gasteiger partial charge in [-0.15, -0.1) is 0 Å². The molecule has 4 rings (SSSR count). The first-order valence-electron chi connectivity index (χ1n) is 11.0. The van der Waals surface area contributed by atoms with Crippen molar-refractivity contribution in [2.24, 2.45) is 0 Å². The van der Waals surface area contributed by atoms with Crippen LogP contribution < -0.4 is 15.4 Å². The van der Waals surface area contributed by atoms with Gasteiger partial charge in [0.25, 0.3) is 11.8 Å². The highest BCUT2D eigenvalue weighted by atomic mass is 19.1. The molecule has 9 nitrogen and oxygen atoms in total. The molecule has 0 saturated carbocycles. The number of aromatic nitrogens is 2. The summed E-state index contributed by atoms with van der Waals surface area (Å²) in [5, 5.41) is 9.89. The summed E-state index contributed by atoms with van der Waals surface area (Å²) in [5.74, 6) is -0.926. The van der Waals surface area contributed by atoms with Crippen LogP contribution in [-0.4, -0.2) is 52.1 Å². The summed E-state index contributed by atoms with van der Waals surface area (Å²) in [7, 11) is 3.11. The third kappa shape index (κ3) is 4.86. The number of nitrogens with one attached hydrogen (secondary N) is 2. The molecule has 0 spiro atoms. The highest BCUT2D eigenvalue weighted by Crippen LogP contribution is 2.26. The van der Waals surface area contributed by atoms with E-state index in [1.54, 1.807) is 33.2 Å². The van der Waals surface area contributed by atoms with Crippen LogP contribution in [-0.2, 0) is 24.4 Å². The summed E-state index contributed by atoms with van der Waals surface area (Å²) >= 11 is 0. The highest BCUT2D eigenvalue weighted by molar-refractivity contribution is 6.01. The van der Waals surface area contributed by atoms with Crippen molar-refractivity contribution in [2.75, 3.05) is 14.2 Å². The Hall–Kier alpha value is -4.21. The zero-order valence-corrected chi connectivity index (χ0v) is 19.7. The predicted molar refractivity (Wildman–Crippen MR) is 125 cm³/mol. The maximum atomic E-state index is 13.1. The Morgan fingerprint density at radius 1 is 1.09 bits per heavy atom. The Labute approximate surface area is 201 Å². The summed E-state index contributed by atoms with van der Waals surface area (Å²) in [6, 6.07) is 14.5. The molecule has 1 atom stereocenters. The van der Waals surface area contributed by atoms with Gasteiger partial charge in [-0.3, -0.25) is 19.1 Å².